The second-order valence-corrected chi connectivity index (χ2v) is 5.22. The first-order valence-electron chi connectivity index (χ1n) is 7.70. The predicted octanol–water partition coefficient (Wildman–Crippen LogP) is 2.26. The number of halogens is 3. The maximum atomic E-state index is 12.2. The predicted molar refractivity (Wildman–Crippen MR) is 84.6 cm³/mol. The van der Waals surface area contributed by atoms with Gasteiger partial charge in [0.2, 0.25) is 0 Å². The fraction of sp³-hybridized carbons (Fsp3) is 0.667. The third kappa shape index (κ3) is 9.83. The van der Waals surface area contributed by atoms with Crippen molar-refractivity contribution in [1.29, 1.82) is 0 Å². The number of alkyl halides is 3. The van der Waals surface area contributed by atoms with Gasteiger partial charge in [-0.25, -0.2) is 0 Å². The van der Waals surface area contributed by atoms with Gasteiger partial charge < -0.3 is 15.1 Å². The minimum absolute atomic E-state index is 0.356. The second-order valence-electron chi connectivity index (χ2n) is 5.22. The van der Waals surface area contributed by atoms with Gasteiger partial charge in [0.25, 0.3) is 0 Å². The van der Waals surface area contributed by atoms with Crippen LogP contribution in [0.2, 0.25) is 0 Å². The molecule has 1 heterocycles. The van der Waals surface area contributed by atoms with Crippen LogP contribution in [-0.2, 0) is 6.42 Å². The van der Waals surface area contributed by atoms with Gasteiger partial charge in [0.1, 0.15) is 5.76 Å². The molecular formula is C15H25F3N4O. The van der Waals surface area contributed by atoms with Crippen molar-refractivity contribution in [2.24, 2.45) is 4.99 Å². The number of nitrogens with one attached hydrogen (secondary N) is 2. The molecule has 0 saturated carbocycles. The molecule has 0 saturated heterocycles. The minimum atomic E-state index is -4.15. The van der Waals surface area contributed by atoms with E-state index in [9.17, 15) is 13.2 Å². The molecule has 0 aliphatic rings. The zero-order chi connectivity index (χ0) is 17.1. The van der Waals surface area contributed by atoms with Gasteiger partial charge in [-0.05, 0) is 39.1 Å². The van der Waals surface area contributed by atoms with Gasteiger partial charge in [0, 0.05) is 26.1 Å². The molecule has 0 bridgehead atoms. The average Bonchev–Trinajstić information content (AvgIpc) is 2.94. The van der Waals surface area contributed by atoms with E-state index in [2.05, 4.69) is 15.6 Å². The molecule has 1 aromatic heterocycles. The van der Waals surface area contributed by atoms with E-state index in [1.165, 1.54) is 11.9 Å². The summed E-state index contributed by atoms with van der Waals surface area (Å²) >= 11 is 0. The Bertz CT molecular complexity index is 446. The monoisotopic (exact) mass is 334 g/mol. The maximum Gasteiger partial charge on any atom is 0.401 e. The molecule has 0 atom stereocenters. The minimum Gasteiger partial charge on any atom is -0.469 e. The van der Waals surface area contributed by atoms with Crippen LogP contribution in [0.15, 0.2) is 27.8 Å². The number of hydrogen-bond donors (Lipinski definition) is 2. The normalized spacial score (nSPS) is 12.7. The van der Waals surface area contributed by atoms with E-state index >= 15 is 0 Å². The van der Waals surface area contributed by atoms with Crippen molar-refractivity contribution in [2.75, 3.05) is 39.8 Å². The van der Waals surface area contributed by atoms with E-state index in [0.29, 0.717) is 32.0 Å². The van der Waals surface area contributed by atoms with Crippen LogP contribution in [0.5, 0.6) is 0 Å². The van der Waals surface area contributed by atoms with Gasteiger partial charge in [-0.15, -0.1) is 0 Å². The molecule has 5 nitrogen and oxygen atoms in total. The molecule has 132 valence electrons. The number of nitrogens with zero attached hydrogens (tertiary/aromatic N) is 2. The summed E-state index contributed by atoms with van der Waals surface area (Å²) in [4.78, 5) is 5.61. The number of aliphatic imine (C=N–C) groups is 1. The lowest BCUT2D eigenvalue weighted by Crippen LogP contribution is -2.38. The molecule has 0 radical (unpaired) electrons. The number of rotatable bonds is 9. The van der Waals surface area contributed by atoms with Crippen LogP contribution in [-0.4, -0.2) is 56.8 Å². The van der Waals surface area contributed by atoms with Crippen LogP contribution < -0.4 is 10.6 Å². The Hall–Kier alpha value is -1.70. The highest BCUT2D eigenvalue weighted by atomic mass is 19.4. The van der Waals surface area contributed by atoms with Crippen LogP contribution in [0, 0.1) is 0 Å². The molecule has 1 rings (SSSR count). The molecule has 23 heavy (non-hydrogen) atoms. The molecular weight excluding hydrogens is 309 g/mol. The first-order chi connectivity index (χ1) is 10.9. The topological polar surface area (TPSA) is 52.8 Å². The molecule has 0 aromatic carbocycles. The molecule has 1 aromatic rings. The number of furan rings is 1. The van der Waals surface area contributed by atoms with Crippen LogP contribution in [0.25, 0.3) is 0 Å². The van der Waals surface area contributed by atoms with Crippen LogP contribution in [0.1, 0.15) is 19.1 Å². The summed E-state index contributed by atoms with van der Waals surface area (Å²) in [6.07, 6.45) is -1.21. The summed E-state index contributed by atoms with van der Waals surface area (Å²) in [6.45, 7) is 3.29. The smallest absolute Gasteiger partial charge is 0.401 e. The van der Waals surface area contributed by atoms with E-state index in [1.54, 1.807) is 6.26 Å². The van der Waals surface area contributed by atoms with Gasteiger partial charge in [0.15, 0.2) is 5.96 Å². The van der Waals surface area contributed by atoms with Crippen molar-refractivity contribution in [2.45, 2.75) is 25.9 Å². The molecule has 2 N–H and O–H groups in total. The number of guanidine groups is 1. The zero-order valence-electron chi connectivity index (χ0n) is 13.6. The van der Waals surface area contributed by atoms with Crippen molar-refractivity contribution >= 4 is 5.96 Å². The molecule has 8 heteroatoms. The number of hydrogen-bond acceptors (Lipinski definition) is 3. The van der Waals surface area contributed by atoms with Crippen molar-refractivity contribution in [3.63, 3.8) is 0 Å². The maximum absolute atomic E-state index is 12.2. The third-order valence-electron chi connectivity index (χ3n) is 3.01. The Morgan fingerprint density at radius 1 is 1.35 bits per heavy atom. The summed E-state index contributed by atoms with van der Waals surface area (Å²) in [5, 5.41) is 6.27. The van der Waals surface area contributed by atoms with Gasteiger partial charge >= 0.3 is 6.18 Å². The molecule has 0 fully saturated rings. The van der Waals surface area contributed by atoms with Crippen molar-refractivity contribution in [1.82, 2.24) is 15.5 Å². The first kappa shape index (κ1) is 19.3. The summed E-state index contributed by atoms with van der Waals surface area (Å²) in [6, 6.07) is 3.74. The van der Waals surface area contributed by atoms with E-state index in [0.717, 1.165) is 18.7 Å². The van der Waals surface area contributed by atoms with Crippen LogP contribution in [0.3, 0.4) is 0 Å². The van der Waals surface area contributed by atoms with Crippen molar-refractivity contribution in [3.05, 3.63) is 24.2 Å². The van der Waals surface area contributed by atoms with Gasteiger partial charge in [-0.1, -0.05) is 0 Å². The lowest BCUT2D eigenvalue weighted by Gasteiger charge is -2.18. The zero-order valence-corrected chi connectivity index (χ0v) is 13.6. The molecule has 0 aliphatic heterocycles. The fourth-order valence-corrected chi connectivity index (χ4v) is 2.02. The lowest BCUT2D eigenvalue weighted by atomic mass is 10.3. The highest BCUT2D eigenvalue weighted by Crippen LogP contribution is 2.15. The molecule has 0 amide bonds. The lowest BCUT2D eigenvalue weighted by molar-refractivity contribution is -0.143. The Morgan fingerprint density at radius 2 is 2.13 bits per heavy atom. The highest BCUT2D eigenvalue weighted by Gasteiger charge is 2.28. The van der Waals surface area contributed by atoms with Crippen molar-refractivity contribution < 1.29 is 17.6 Å². The van der Waals surface area contributed by atoms with Crippen LogP contribution in [0.4, 0.5) is 13.2 Å². The van der Waals surface area contributed by atoms with Crippen molar-refractivity contribution in [3.8, 4) is 0 Å². The molecule has 0 aliphatic carbocycles. The summed E-state index contributed by atoms with van der Waals surface area (Å²) in [7, 11) is 1.46. The van der Waals surface area contributed by atoms with E-state index in [-0.39, 0.29) is 0 Å². The Balaban J connectivity index is 2.25. The van der Waals surface area contributed by atoms with Crippen LogP contribution >= 0.6 is 0 Å². The molecule has 0 spiro atoms. The molecule has 0 unspecified atom stereocenters. The fourth-order valence-electron chi connectivity index (χ4n) is 2.02. The summed E-state index contributed by atoms with van der Waals surface area (Å²) in [5.41, 5.74) is 0. The van der Waals surface area contributed by atoms with Gasteiger partial charge in [-0.3, -0.25) is 9.89 Å². The highest BCUT2D eigenvalue weighted by molar-refractivity contribution is 5.79. The van der Waals surface area contributed by atoms with Gasteiger partial charge in [0.05, 0.1) is 12.8 Å². The SMILES string of the molecule is CCNC(=NCCCN(C)CC(F)(F)F)NCCc1ccco1. The quantitative estimate of drug-likeness (QED) is 0.413. The summed E-state index contributed by atoms with van der Waals surface area (Å²) < 4.78 is 41.9. The standard InChI is InChI=1S/C15H25F3N4O/c1-3-19-14(21-9-7-13-6-4-11-23-13)20-8-5-10-22(2)12-15(16,17)18/h4,6,11H,3,5,7-10,12H2,1-2H3,(H2,19,20,21). The van der Waals surface area contributed by atoms with E-state index in [1.807, 2.05) is 19.1 Å². The average molecular weight is 334 g/mol. The van der Waals surface area contributed by atoms with Gasteiger partial charge in [-0.2, -0.15) is 13.2 Å². The van der Waals surface area contributed by atoms with E-state index in [4.69, 9.17) is 4.42 Å². The Morgan fingerprint density at radius 3 is 2.74 bits per heavy atom. The Labute approximate surface area is 134 Å². The Kier molecular flexibility index (Phi) is 8.53. The third-order valence-corrected chi connectivity index (χ3v) is 3.01. The largest absolute Gasteiger partial charge is 0.469 e. The van der Waals surface area contributed by atoms with E-state index < -0.39 is 12.7 Å². The summed E-state index contributed by atoms with van der Waals surface area (Å²) in [5.74, 6) is 1.56. The second kappa shape index (κ2) is 10.1. The first-order valence-corrected chi connectivity index (χ1v) is 7.70.